The van der Waals surface area contributed by atoms with Gasteiger partial charge in [0, 0.05) is 23.1 Å². The Morgan fingerprint density at radius 2 is 1.69 bits per heavy atom. The van der Waals surface area contributed by atoms with Gasteiger partial charge in [0.05, 0.1) is 12.0 Å². The number of nitrogens with one attached hydrogen (secondary N) is 2. The van der Waals surface area contributed by atoms with Crippen molar-refractivity contribution in [1.82, 2.24) is 15.4 Å². The SMILES string of the molecule is O=C(Cc1ccc(-n2cccc2)cc1)NNC(=O)c1cc(Cl)ccc1O. The Morgan fingerprint density at radius 1 is 1.00 bits per heavy atom. The number of carbonyl (C=O) groups is 2. The summed E-state index contributed by atoms with van der Waals surface area (Å²) in [4.78, 5) is 24.0. The van der Waals surface area contributed by atoms with Gasteiger partial charge in [-0.15, -0.1) is 0 Å². The van der Waals surface area contributed by atoms with Gasteiger partial charge in [0.1, 0.15) is 5.75 Å². The third kappa shape index (κ3) is 4.23. The smallest absolute Gasteiger partial charge is 0.273 e. The van der Waals surface area contributed by atoms with Crippen LogP contribution >= 0.6 is 11.6 Å². The number of hydrogen-bond acceptors (Lipinski definition) is 3. The van der Waals surface area contributed by atoms with Crippen molar-refractivity contribution in [3.8, 4) is 11.4 Å². The van der Waals surface area contributed by atoms with Crippen LogP contribution in [0.4, 0.5) is 0 Å². The molecule has 26 heavy (non-hydrogen) atoms. The fraction of sp³-hybridized carbons (Fsp3) is 0.0526. The van der Waals surface area contributed by atoms with E-state index in [9.17, 15) is 14.7 Å². The molecule has 0 aliphatic heterocycles. The zero-order chi connectivity index (χ0) is 18.5. The number of hydrazine groups is 1. The summed E-state index contributed by atoms with van der Waals surface area (Å²) in [7, 11) is 0. The van der Waals surface area contributed by atoms with E-state index in [-0.39, 0.29) is 23.6 Å². The number of benzene rings is 2. The monoisotopic (exact) mass is 369 g/mol. The molecular weight excluding hydrogens is 354 g/mol. The second-order valence-corrected chi connectivity index (χ2v) is 6.03. The largest absolute Gasteiger partial charge is 0.507 e. The van der Waals surface area contributed by atoms with E-state index < -0.39 is 5.91 Å². The first-order valence-electron chi connectivity index (χ1n) is 7.83. The Balaban J connectivity index is 1.55. The number of aromatic hydroxyl groups is 1. The topological polar surface area (TPSA) is 83.4 Å². The minimum absolute atomic E-state index is 0.0196. The van der Waals surface area contributed by atoms with Gasteiger partial charge in [0.25, 0.3) is 5.91 Å². The van der Waals surface area contributed by atoms with Crippen LogP contribution in [-0.4, -0.2) is 21.5 Å². The van der Waals surface area contributed by atoms with Crippen LogP contribution in [0, 0.1) is 0 Å². The Bertz CT molecular complexity index is 922. The molecule has 7 heteroatoms. The molecule has 132 valence electrons. The summed E-state index contributed by atoms with van der Waals surface area (Å²) >= 11 is 5.80. The number of aromatic nitrogens is 1. The molecule has 0 unspecified atom stereocenters. The molecule has 1 heterocycles. The molecule has 3 aromatic rings. The molecule has 0 fully saturated rings. The number of amides is 2. The van der Waals surface area contributed by atoms with E-state index in [1.54, 1.807) is 0 Å². The van der Waals surface area contributed by atoms with E-state index in [0.29, 0.717) is 5.02 Å². The molecule has 0 saturated carbocycles. The molecule has 2 aromatic carbocycles. The van der Waals surface area contributed by atoms with Gasteiger partial charge < -0.3 is 9.67 Å². The quantitative estimate of drug-likeness (QED) is 0.618. The van der Waals surface area contributed by atoms with Gasteiger partial charge in [-0.1, -0.05) is 23.7 Å². The standard InChI is InChI=1S/C19H16ClN3O3/c20-14-5-8-17(24)16(12-14)19(26)22-21-18(25)11-13-3-6-15(7-4-13)23-9-1-2-10-23/h1-10,12,24H,11H2,(H,21,25)(H,22,26). The highest BCUT2D eigenvalue weighted by Crippen LogP contribution is 2.21. The molecule has 0 spiro atoms. The molecule has 6 nitrogen and oxygen atoms in total. The summed E-state index contributed by atoms with van der Waals surface area (Å²) in [5.41, 5.74) is 6.35. The number of hydrogen-bond donors (Lipinski definition) is 3. The van der Waals surface area contributed by atoms with E-state index in [1.165, 1.54) is 18.2 Å². The molecule has 0 radical (unpaired) electrons. The van der Waals surface area contributed by atoms with Crippen molar-refractivity contribution in [1.29, 1.82) is 0 Å². The lowest BCUT2D eigenvalue weighted by Gasteiger charge is -2.09. The predicted molar refractivity (Wildman–Crippen MR) is 98.2 cm³/mol. The maximum absolute atomic E-state index is 12.0. The first kappa shape index (κ1) is 17.6. The maximum Gasteiger partial charge on any atom is 0.273 e. The minimum atomic E-state index is -0.652. The fourth-order valence-electron chi connectivity index (χ4n) is 2.41. The highest BCUT2D eigenvalue weighted by Gasteiger charge is 2.13. The second kappa shape index (κ2) is 7.76. The lowest BCUT2D eigenvalue weighted by atomic mass is 10.1. The van der Waals surface area contributed by atoms with Crippen LogP contribution < -0.4 is 10.9 Å². The molecule has 0 bridgehead atoms. The maximum atomic E-state index is 12.0. The summed E-state index contributed by atoms with van der Waals surface area (Å²) in [5, 5.41) is 9.98. The number of halogens is 1. The summed E-state index contributed by atoms with van der Waals surface area (Å²) in [6, 6.07) is 15.5. The van der Waals surface area contributed by atoms with Crippen molar-refractivity contribution in [2.24, 2.45) is 0 Å². The van der Waals surface area contributed by atoms with Crippen molar-refractivity contribution in [2.45, 2.75) is 6.42 Å². The summed E-state index contributed by atoms with van der Waals surface area (Å²) < 4.78 is 1.96. The lowest BCUT2D eigenvalue weighted by molar-refractivity contribution is -0.121. The van der Waals surface area contributed by atoms with Gasteiger partial charge in [-0.2, -0.15) is 0 Å². The Kier molecular flexibility index (Phi) is 5.24. The number of rotatable bonds is 4. The van der Waals surface area contributed by atoms with Crippen molar-refractivity contribution >= 4 is 23.4 Å². The van der Waals surface area contributed by atoms with Gasteiger partial charge in [0.15, 0.2) is 0 Å². The Hall–Kier alpha value is -3.25. The first-order valence-corrected chi connectivity index (χ1v) is 8.21. The average Bonchev–Trinajstić information content (AvgIpc) is 3.17. The van der Waals surface area contributed by atoms with E-state index in [1.807, 2.05) is 53.4 Å². The highest BCUT2D eigenvalue weighted by atomic mass is 35.5. The molecule has 0 aliphatic carbocycles. The molecule has 2 amide bonds. The predicted octanol–water partition coefficient (Wildman–Crippen LogP) is 2.84. The summed E-state index contributed by atoms with van der Waals surface area (Å²) in [6.45, 7) is 0. The van der Waals surface area contributed by atoms with Crippen molar-refractivity contribution in [2.75, 3.05) is 0 Å². The molecule has 0 saturated heterocycles. The molecular formula is C19H16ClN3O3. The van der Waals surface area contributed by atoms with Crippen LogP contribution in [-0.2, 0) is 11.2 Å². The average molecular weight is 370 g/mol. The van der Waals surface area contributed by atoms with E-state index in [2.05, 4.69) is 10.9 Å². The molecule has 3 N–H and O–H groups in total. The Morgan fingerprint density at radius 3 is 2.38 bits per heavy atom. The van der Waals surface area contributed by atoms with Crippen molar-refractivity contribution in [3.05, 3.63) is 83.1 Å². The molecule has 0 atom stereocenters. The van der Waals surface area contributed by atoms with Crippen molar-refractivity contribution < 1.29 is 14.7 Å². The number of phenolic OH excluding ortho intramolecular Hbond substituents is 1. The van der Waals surface area contributed by atoms with Crippen LogP contribution in [0.15, 0.2) is 67.0 Å². The van der Waals surface area contributed by atoms with Gasteiger partial charge in [-0.25, -0.2) is 0 Å². The zero-order valence-electron chi connectivity index (χ0n) is 13.6. The normalized spacial score (nSPS) is 10.3. The number of nitrogens with zero attached hydrogens (tertiary/aromatic N) is 1. The number of carbonyl (C=O) groups excluding carboxylic acids is 2. The van der Waals surface area contributed by atoms with Crippen LogP contribution in [0.3, 0.4) is 0 Å². The molecule has 1 aromatic heterocycles. The van der Waals surface area contributed by atoms with Gasteiger partial charge in [0.2, 0.25) is 5.91 Å². The summed E-state index contributed by atoms with van der Waals surface area (Å²) in [6.07, 6.45) is 3.97. The van der Waals surface area contributed by atoms with E-state index in [4.69, 9.17) is 11.6 Å². The van der Waals surface area contributed by atoms with Gasteiger partial charge in [-0.05, 0) is 48.0 Å². The van der Waals surface area contributed by atoms with E-state index >= 15 is 0 Å². The van der Waals surface area contributed by atoms with Crippen molar-refractivity contribution in [3.63, 3.8) is 0 Å². The fourth-order valence-corrected chi connectivity index (χ4v) is 2.58. The van der Waals surface area contributed by atoms with E-state index in [0.717, 1.165) is 11.3 Å². The van der Waals surface area contributed by atoms with Gasteiger partial charge in [-0.3, -0.25) is 20.4 Å². The molecule has 3 rings (SSSR count). The van der Waals surface area contributed by atoms with Gasteiger partial charge >= 0.3 is 0 Å². The third-order valence-corrected chi connectivity index (χ3v) is 3.96. The van der Waals surface area contributed by atoms with Crippen LogP contribution in [0.2, 0.25) is 5.02 Å². The van der Waals surface area contributed by atoms with Crippen LogP contribution in [0.1, 0.15) is 15.9 Å². The van der Waals surface area contributed by atoms with Crippen LogP contribution in [0.5, 0.6) is 5.75 Å². The summed E-state index contributed by atoms with van der Waals surface area (Å²) in [5.74, 6) is -1.25. The third-order valence-electron chi connectivity index (χ3n) is 3.72. The minimum Gasteiger partial charge on any atom is -0.507 e. The highest BCUT2D eigenvalue weighted by molar-refractivity contribution is 6.31. The first-order chi connectivity index (χ1) is 12.5. The van der Waals surface area contributed by atoms with Crippen LogP contribution in [0.25, 0.3) is 5.69 Å². The molecule has 0 aliphatic rings. The lowest BCUT2D eigenvalue weighted by Crippen LogP contribution is -2.42. The zero-order valence-corrected chi connectivity index (χ0v) is 14.4. The number of phenols is 1. The Labute approximate surface area is 155 Å². The second-order valence-electron chi connectivity index (χ2n) is 5.60.